The van der Waals surface area contributed by atoms with E-state index < -0.39 is 11.7 Å². The van der Waals surface area contributed by atoms with Crippen LogP contribution >= 0.6 is 0 Å². The van der Waals surface area contributed by atoms with Crippen LogP contribution in [0.4, 0.5) is 4.39 Å². The summed E-state index contributed by atoms with van der Waals surface area (Å²) in [6.07, 6.45) is 3.74. The maximum Gasteiger partial charge on any atom is 0.272 e. The summed E-state index contributed by atoms with van der Waals surface area (Å²) in [7, 11) is 3.49. The van der Waals surface area contributed by atoms with E-state index in [9.17, 15) is 14.0 Å². The van der Waals surface area contributed by atoms with Crippen molar-refractivity contribution in [1.82, 2.24) is 35.6 Å². The van der Waals surface area contributed by atoms with Gasteiger partial charge in [0, 0.05) is 67.7 Å². The zero-order valence-electron chi connectivity index (χ0n) is 29.3. The number of aryl methyl sites for hydroxylation is 2. The molecule has 264 valence electrons. The third-order valence-corrected chi connectivity index (χ3v) is 9.49. The van der Waals surface area contributed by atoms with Gasteiger partial charge in [-0.2, -0.15) is 5.10 Å². The molecule has 2 amide bonds. The summed E-state index contributed by atoms with van der Waals surface area (Å²) >= 11 is 0. The minimum absolute atomic E-state index is 0.00955. The van der Waals surface area contributed by atoms with E-state index in [0.717, 1.165) is 60.0 Å². The molecule has 4 aromatic rings. The summed E-state index contributed by atoms with van der Waals surface area (Å²) in [5.74, 6) is -0.0523. The van der Waals surface area contributed by atoms with E-state index in [0.29, 0.717) is 49.2 Å². The number of nitrogens with one attached hydrogen (secondary N) is 3. The van der Waals surface area contributed by atoms with E-state index >= 15 is 0 Å². The predicted octanol–water partition coefficient (Wildman–Crippen LogP) is 5.38. The lowest BCUT2D eigenvalue weighted by Crippen LogP contribution is -2.53. The number of rotatable bonds is 10. The molecule has 6 rings (SSSR count). The Bertz CT molecular complexity index is 1810. The molecule has 1 saturated carbocycles. The second-order valence-corrected chi connectivity index (χ2v) is 13.6. The van der Waals surface area contributed by atoms with E-state index in [1.54, 1.807) is 31.0 Å². The van der Waals surface area contributed by atoms with Crippen molar-refractivity contribution in [3.8, 4) is 28.5 Å². The summed E-state index contributed by atoms with van der Waals surface area (Å²) in [4.78, 5) is 32.7. The molecule has 50 heavy (non-hydrogen) atoms. The normalized spacial score (nSPS) is 21.0. The van der Waals surface area contributed by atoms with Gasteiger partial charge in [0.2, 0.25) is 5.88 Å². The maximum absolute atomic E-state index is 14.4. The van der Waals surface area contributed by atoms with Crippen molar-refractivity contribution in [1.29, 1.82) is 0 Å². The maximum atomic E-state index is 14.4. The van der Waals surface area contributed by atoms with Crippen LogP contribution < -0.4 is 25.4 Å². The molecule has 3 heterocycles. The highest BCUT2D eigenvalue weighted by atomic mass is 19.1. The van der Waals surface area contributed by atoms with Crippen LogP contribution in [0.2, 0.25) is 0 Å². The molecular weight excluding hydrogens is 637 g/mol. The monoisotopic (exact) mass is 683 g/mol. The van der Waals surface area contributed by atoms with Crippen molar-refractivity contribution in [3.63, 3.8) is 0 Å². The zero-order chi connectivity index (χ0) is 35.4. The Kier molecular flexibility index (Phi) is 10.8. The van der Waals surface area contributed by atoms with Crippen molar-refractivity contribution in [3.05, 3.63) is 89.1 Å². The lowest BCUT2D eigenvalue weighted by Gasteiger charge is -2.36. The summed E-state index contributed by atoms with van der Waals surface area (Å²) in [5.41, 5.74) is 4.18. The average Bonchev–Trinajstić information content (AvgIpc) is 3.43. The van der Waals surface area contributed by atoms with Gasteiger partial charge in [-0.15, -0.1) is 0 Å². The summed E-state index contributed by atoms with van der Waals surface area (Å²) in [5, 5.41) is 13.9. The molecule has 0 spiro atoms. The Labute approximate surface area is 292 Å². The number of ether oxygens (including phenoxy) is 2. The number of benzene rings is 2. The van der Waals surface area contributed by atoms with E-state index in [1.807, 2.05) is 37.3 Å². The predicted molar refractivity (Wildman–Crippen MR) is 189 cm³/mol. The fraction of sp³-hybridized carbons (Fsp3) is 0.421. The van der Waals surface area contributed by atoms with Gasteiger partial charge in [-0.05, 0) is 76.3 Å². The zero-order valence-corrected chi connectivity index (χ0v) is 29.3. The topological polar surface area (TPSA) is 123 Å². The Morgan fingerprint density at radius 3 is 2.30 bits per heavy atom. The second-order valence-electron chi connectivity index (χ2n) is 13.6. The van der Waals surface area contributed by atoms with E-state index in [-0.39, 0.29) is 29.4 Å². The van der Waals surface area contributed by atoms with E-state index in [4.69, 9.17) is 9.47 Å². The SMILES string of the molecule is COc1c(CN2C[C@@H](C)N[C@@H](C)C2)cccc1-c1cccc(Oc2ncc(F)cc2C(=O)N[C@H]2CC[C@@H](NC(=O)c3cc(C)n(C)n3)CC2)c1. The molecule has 1 aliphatic heterocycles. The molecule has 2 atom stereocenters. The number of hydrogen-bond donors (Lipinski definition) is 3. The van der Waals surface area contributed by atoms with E-state index in [2.05, 4.69) is 50.8 Å². The van der Waals surface area contributed by atoms with Crippen molar-refractivity contribution >= 4 is 11.8 Å². The molecule has 2 aromatic heterocycles. The van der Waals surface area contributed by atoms with Gasteiger partial charge in [0.25, 0.3) is 11.8 Å². The number of halogens is 1. The number of methoxy groups -OCH3 is 1. The van der Waals surface area contributed by atoms with Crippen LogP contribution in [-0.2, 0) is 13.6 Å². The first kappa shape index (κ1) is 35.0. The smallest absolute Gasteiger partial charge is 0.272 e. The molecule has 0 unspecified atom stereocenters. The molecule has 11 nitrogen and oxygen atoms in total. The molecular formula is C38H46FN7O4. The summed E-state index contributed by atoms with van der Waals surface area (Å²) in [6.45, 7) is 8.97. The van der Waals surface area contributed by atoms with Crippen LogP contribution in [0, 0.1) is 12.7 Å². The van der Waals surface area contributed by atoms with Crippen LogP contribution in [0.3, 0.4) is 0 Å². The first-order valence-electron chi connectivity index (χ1n) is 17.3. The van der Waals surface area contributed by atoms with Gasteiger partial charge in [0.1, 0.15) is 28.6 Å². The third kappa shape index (κ3) is 8.31. The average molecular weight is 684 g/mol. The standard InChI is InChI=1S/C38H46FN7O4/c1-23-20-46(21-24(2)41-23)22-27-9-7-11-32(35(27)49-5)26-8-6-10-31(17-26)50-38-33(18-28(39)19-40-38)36(47)42-29-12-14-30(15-13-29)43-37(48)34-16-25(3)45(4)44-34/h6-11,16-19,23-24,29-30,41H,12-15,20-22H2,1-5H3,(H,42,47)(H,43,48)/t23-,24+,29-,30+. The fourth-order valence-electron chi connectivity index (χ4n) is 7.07. The number of para-hydroxylation sites is 1. The van der Waals surface area contributed by atoms with Crippen LogP contribution in [0.15, 0.2) is 60.8 Å². The van der Waals surface area contributed by atoms with Crippen LogP contribution in [0.5, 0.6) is 17.4 Å². The highest BCUT2D eigenvalue weighted by Gasteiger charge is 2.27. The van der Waals surface area contributed by atoms with Crippen LogP contribution in [0.25, 0.3) is 11.1 Å². The molecule has 2 aliphatic rings. The Morgan fingerprint density at radius 1 is 0.960 bits per heavy atom. The number of hydrogen-bond acceptors (Lipinski definition) is 8. The molecule has 3 N–H and O–H groups in total. The molecule has 0 radical (unpaired) electrons. The van der Waals surface area contributed by atoms with Gasteiger partial charge in [0.15, 0.2) is 0 Å². The largest absolute Gasteiger partial charge is 0.496 e. The third-order valence-electron chi connectivity index (χ3n) is 9.49. The van der Waals surface area contributed by atoms with Crippen LogP contribution in [0.1, 0.15) is 71.6 Å². The number of amides is 2. The number of nitrogens with zero attached hydrogens (tertiary/aromatic N) is 4. The van der Waals surface area contributed by atoms with Gasteiger partial charge in [-0.1, -0.05) is 30.3 Å². The van der Waals surface area contributed by atoms with Crippen molar-refractivity contribution in [2.45, 2.75) is 77.2 Å². The second kappa shape index (κ2) is 15.4. The molecule has 1 aliphatic carbocycles. The molecule has 2 fully saturated rings. The van der Waals surface area contributed by atoms with E-state index in [1.165, 1.54) is 0 Å². The first-order chi connectivity index (χ1) is 24.1. The number of aromatic nitrogens is 3. The summed E-state index contributed by atoms with van der Waals surface area (Å²) in [6, 6.07) is 17.2. The highest BCUT2D eigenvalue weighted by molar-refractivity contribution is 5.96. The van der Waals surface area contributed by atoms with Crippen LogP contribution in [-0.4, -0.2) is 75.8 Å². The van der Waals surface area contributed by atoms with Crippen molar-refractivity contribution in [2.24, 2.45) is 7.05 Å². The quantitative estimate of drug-likeness (QED) is 0.204. The number of carbonyl (C=O) groups excluding carboxylic acids is 2. The Hall–Kier alpha value is -4.81. The highest BCUT2D eigenvalue weighted by Crippen LogP contribution is 2.36. The van der Waals surface area contributed by atoms with Crippen molar-refractivity contribution < 1.29 is 23.5 Å². The molecule has 12 heteroatoms. The Morgan fingerprint density at radius 2 is 1.64 bits per heavy atom. The number of carbonyl (C=O) groups is 2. The number of piperazine rings is 1. The lowest BCUT2D eigenvalue weighted by molar-refractivity contribution is 0.0887. The minimum atomic E-state index is -0.637. The van der Waals surface area contributed by atoms with Gasteiger partial charge in [-0.25, -0.2) is 9.37 Å². The minimum Gasteiger partial charge on any atom is -0.496 e. The van der Waals surface area contributed by atoms with Gasteiger partial charge in [-0.3, -0.25) is 19.2 Å². The molecule has 1 saturated heterocycles. The van der Waals surface area contributed by atoms with Gasteiger partial charge in [0.05, 0.1) is 13.3 Å². The van der Waals surface area contributed by atoms with Gasteiger partial charge < -0.3 is 25.4 Å². The van der Waals surface area contributed by atoms with Crippen molar-refractivity contribution in [2.75, 3.05) is 20.2 Å². The first-order valence-corrected chi connectivity index (χ1v) is 17.3. The Balaban J connectivity index is 1.12. The summed E-state index contributed by atoms with van der Waals surface area (Å²) < 4.78 is 28.2. The molecule has 0 bridgehead atoms. The fourth-order valence-corrected chi connectivity index (χ4v) is 7.07. The number of pyridine rings is 1. The van der Waals surface area contributed by atoms with Gasteiger partial charge >= 0.3 is 0 Å². The molecule has 2 aromatic carbocycles. The lowest BCUT2D eigenvalue weighted by atomic mass is 9.91.